The Morgan fingerprint density at radius 3 is 2.90 bits per heavy atom. The first-order chi connectivity index (χ1) is 9.52. The van der Waals surface area contributed by atoms with E-state index in [1.165, 1.54) is 13.2 Å². The largest absolute Gasteiger partial charge is 0.504 e. The van der Waals surface area contributed by atoms with Gasteiger partial charge in [-0.1, -0.05) is 6.07 Å². The second-order valence-electron chi connectivity index (χ2n) is 4.84. The Kier molecular flexibility index (Phi) is 4.12. The molecule has 1 fully saturated rings. The standard InChI is InChI=1S/C14H18N2O4/c1-16-8-9(6-7-12(16)17)15-14(19)10-4-3-5-11(20-2)13(10)18/h3-5,9,18H,6-8H2,1-2H3,(H,15,19)/t9-/m1/s1. The van der Waals surface area contributed by atoms with Gasteiger partial charge in [-0.25, -0.2) is 0 Å². The number of nitrogens with one attached hydrogen (secondary N) is 1. The molecule has 0 bridgehead atoms. The molecule has 1 heterocycles. The van der Waals surface area contributed by atoms with Crippen LogP contribution in [-0.2, 0) is 4.79 Å². The van der Waals surface area contributed by atoms with Crippen LogP contribution in [0.2, 0.25) is 0 Å². The van der Waals surface area contributed by atoms with E-state index in [4.69, 9.17) is 4.74 Å². The van der Waals surface area contributed by atoms with Gasteiger partial charge in [0.2, 0.25) is 5.91 Å². The molecule has 0 spiro atoms. The fourth-order valence-electron chi connectivity index (χ4n) is 2.26. The molecule has 0 aliphatic carbocycles. The molecule has 1 aliphatic rings. The van der Waals surface area contributed by atoms with Crippen LogP contribution in [0.1, 0.15) is 23.2 Å². The maximum atomic E-state index is 12.2. The van der Waals surface area contributed by atoms with E-state index >= 15 is 0 Å². The highest BCUT2D eigenvalue weighted by molar-refractivity contribution is 5.98. The second kappa shape index (κ2) is 5.81. The van der Waals surface area contributed by atoms with Crippen molar-refractivity contribution in [1.82, 2.24) is 10.2 Å². The van der Waals surface area contributed by atoms with E-state index in [0.29, 0.717) is 19.4 Å². The van der Waals surface area contributed by atoms with Gasteiger partial charge in [-0.05, 0) is 18.6 Å². The summed E-state index contributed by atoms with van der Waals surface area (Å²) in [7, 11) is 3.14. The number of rotatable bonds is 3. The number of likely N-dealkylation sites (N-methyl/N-ethyl adjacent to an activating group) is 1. The molecule has 0 aromatic heterocycles. The third-order valence-electron chi connectivity index (χ3n) is 3.43. The van der Waals surface area contributed by atoms with Crippen molar-refractivity contribution in [3.63, 3.8) is 0 Å². The molecule has 0 saturated carbocycles. The van der Waals surface area contributed by atoms with Gasteiger partial charge in [0.1, 0.15) is 0 Å². The Morgan fingerprint density at radius 2 is 2.25 bits per heavy atom. The molecule has 108 valence electrons. The third kappa shape index (κ3) is 2.84. The molecule has 0 radical (unpaired) electrons. The second-order valence-corrected chi connectivity index (χ2v) is 4.84. The Hall–Kier alpha value is -2.24. The van der Waals surface area contributed by atoms with Gasteiger partial charge in [-0.3, -0.25) is 9.59 Å². The number of phenols is 1. The molecular formula is C14H18N2O4. The van der Waals surface area contributed by atoms with Gasteiger partial charge in [0.25, 0.3) is 5.91 Å². The number of para-hydroxylation sites is 1. The highest BCUT2D eigenvalue weighted by Crippen LogP contribution is 2.29. The van der Waals surface area contributed by atoms with Crippen LogP contribution >= 0.6 is 0 Å². The molecule has 6 nitrogen and oxygen atoms in total. The number of carbonyl (C=O) groups excluding carboxylic acids is 2. The highest BCUT2D eigenvalue weighted by atomic mass is 16.5. The van der Waals surface area contributed by atoms with Gasteiger partial charge < -0.3 is 20.1 Å². The van der Waals surface area contributed by atoms with Crippen molar-refractivity contribution in [2.24, 2.45) is 0 Å². The van der Waals surface area contributed by atoms with Crippen molar-refractivity contribution < 1.29 is 19.4 Å². The van der Waals surface area contributed by atoms with Gasteiger partial charge in [0.05, 0.1) is 12.7 Å². The highest BCUT2D eigenvalue weighted by Gasteiger charge is 2.25. The Bertz CT molecular complexity index is 530. The number of amides is 2. The van der Waals surface area contributed by atoms with Crippen molar-refractivity contribution in [2.45, 2.75) is 18.9 Å². The first kappa shape index (κ1) is 14.2. The smallest absolute Gasteiger partial charge is 0.255 e. The number of aromatic hydroxyl groups is 1. The normalized spacial score (nSPS) is 18.8. The molecule has 1 aromatic carbocycles. The zero-order chi connectivity index (χ0) is 14.7. The first-order valence-corrected chi connectivity index (χ1v) is 6.43. The van der Waals surface area contributed by atoms with E-state index in [0.717, 1.165) is 0 Å². The lowest BCUT2D eigenvalue weighted by atomic mass is 10.0. The maximum absolute atomic E-state index is 12.2. The minimum absolute atomic E-state index is 0.0831. The molecule has 6 heteroatoms. The molecule has 0 unspecified atom stereocenters. The summed E-state index contributed by atoms with van der Waals surface area (Å²) < 4.78 is 4.97. The van der Waals surface area contributed by atoms with Crippen molar-refractivity contribution in [3.05, 3.63) is 23.8 Å². The summed E-state index contributed by atoms with van der Waals surface area (Å²) in [6, 6.07) is 4.66. The zero-order valence-electron chi connectivity index (χ0n) is 11.5. The number of hydrogen-bond donors (Lipinski definition) is 2. The van der Waals surface area contributed by atoms with Crippen molar-refractivity contribution >= 4 is 11.8 Å². The first-order valence-electron chi connectivity index (χ1n) is 6.43. The van der Waals surface area contributed by atoms with Crippen LogP contribution in [0, 0.1) is 0 Å². The summed E-state index contributed by atoms with van der Waals surface area (Å²) in [5, 5.41) is 12.8. The molecule has 1 saturated heterocycles. The van der Waals surface area contributed by atoms with Crippen LogP contribution < -0.4 is 10.1 Å². The number of carbonyl (C=O) groups is 2. The predicted octanol–water partition coefficient (Wildman–Crippen LogP) is 0.751. The maximum Gasteiger partial charge on any atom is 0.255 e. The quantitative estimate of drug-likeness (QED) is 0.855. The number of piperidine rings is 1. The lowest BCUT2D eigenvalue weighted by Crippen LogP contribution is -2.48. The summed E-state index contributed by atoms with van der Waals surface area (Å²) in [6.07, 6.45) is 1.03. The minimum Gasteiger partial charge on any atom is -0.504 e. The average Bonchev–Trinajstić information content (AvgIpc) is 2.43. The number of methoxy groups -OCH3 is 1. The zero-order valence-corrected chi connectivity index (χ0v) is 11.5. The summed E-state index contributed by atoms with van der Waals surface area (Å²) in [4.78, 5) is 25.1. The van der Waals surface area contributed by atoms with E-state index in [1.54, 1.807) is 24.1 Å². The van der Waals surface area contributed by atoms with Gasteiger partial charge in [0, 0.05) is 26.1 Å². The lowest BCUT2D eigenvalue weighted by Gasteiger charge is -2.30. The predicted molar refractivity (Wildman–Crippen MR) is 72.8 cm³/mol. The fourth-order valence-corrected chi connectivity index (χ4v) is 2.26. The Balaban J connectivity index is 2.07. The number of likely N-dealkylation sites (tertiary alicyclic amines) is 1. The molecule has 2 amide bonds. The minimum atomic E-state index is -0.367. The molecule has 1 atom stereocenters. The molecule has 1 aliphatic heterocycles. The lowest BCUT2D eigenvalue weighted by molar-refractivity contribution is -0.132. The number of nitrogens with zero attached hydrogens (tertiary/aromatic N) is 1. The Morgan fingerprint density at radius 1 is 1.50 bits per heavy atom. The van der Waals surface area contributed by atoms with Crippen molar-refractivity contribution in [1.29, 1.82) is 0 Å². The topological polar surface area (TPSA) is 78.9 Å². The van der Waals surface area contributed by atoms with Gasteiger partial charge in [-0.2, -0.15) is 0 Å². The van der Waals surface area contributed by atoms with Crippen LogP contribution in [0.3, 0.4) is 0 Å². The van der Waals surface area contributed by atoms with Gasteiger partial charge in [-0.15, -0.1) is 0 Å². The van der Waals surface area contributed by atoms with Crippen LogP contribution in [0.25, 0.3) is 0 Å². The molecule has 2 rings (SSSR count). The summed E-state index contributed by atoms with van der Waals surface area (Å²) >= 11 is 0. The van der Waals surface area contributed by atoms with Crippen LogP contribution in [-0.4, -0.2) is 48.6 Å². The molecular weight excluding hydrogens is 260 g/mol. The van der Waals surface area contributed by atoms with Crippen LogP contribution in [0.4, 0.5) is 0 Å². The van der Waals surface area contributed by atoms with E-state index in [-0.39, 0.29) is 34.9 Å². The molecule has 20 heavy (non-hydrogen) atoms. The summed E-state index contributed by atoms with van der Waals surface area (Å²) in [6.45, 7) is 0.481. The van der Waals surface area contributed by atoms with Crippen molar-refractivity contribution in [2.75, 3.05) is 20.7 Å². The van der Waals surface area contributed by atoms with Gasteiger partial charge >= 0.3 is 0 Å². The van der Waals surface area contributed by atoms with E-state index in [1.807, 2.05) is 0 Å². The van der Waals surface area contributed by atoms with E-state index < -0.39 is 0 Å². The summed E-state index contributed by atoms with van der Waals surface area (Å²) in [5.41, 5.74) is 0.170. The molecule has 2 N–H and O–H groups in total. The monoisotopic (exact) mass is 278 g/mol. The van der Waals surface area contributed by atoms with E-state index in [9.17, 15) is 14.7 Å². The third-order valence-corrected chi connectivity index (χ3v) is 3.43. The number of hydrogen-bond acceptors (Lipinski definition) is 4. The van der Waals surface area contributed by atoms with Gasteiger partial charge in [0.15, 0.2) is 11.5 Å². The fraction of sp³-hybridized carbons (Fsp3) is 0.429. The Labute approximate surface area is 117 Å². The number of benzene rings is 1. The van der Waals surface area contributed by atoms with Crippen LogP contribution in [0.15, 0.2) is 18.2 Å². The van der Waals surface area contributed by atoms with Crippen LogP contribution in [0.5, 0.6) is 11.5 Å². The number of ether oxygens (including phenoxy) is 1. The SMILES string of the molecule is COc1cccc(C(=O)N[C@@H]2CCC(=O)N(C)C2)c1O. The summed E-state index contributed by atoms with van der Waals surface area (Å²) in [5.74, 6) is -0.199. The van der Waals surface area contributed by atoms with Crippen molar-refractivity contribution in [3.8, 4) is 11.5 Å². The van der Waals surface area contributed by atoms with E-state index in [2.05, 4.69) is 5.32 Å². The molecule has 1 aromatic rings. The number of phenolic OH excluding ortho intramolecular Hbond substituents is 1. The average molecular weight is 278 g/mol.